The average molecular weight is 354 g/mol. The second kappa shape index (κ2) is 8.06. The van der Waals surface area contributed by atoms with Crippen molar-refractivity contribution in [3.05, 3.63) is 0 Å². The molecule has 1 saturated heterocycles. The molecule has 1 aliphatic heterocycles. The number of carbonyl (C=O) groups excluding carboxylic acids is 2. The van der Waals surface area contributed by atoms with Gasteiger partial charge in [0.1, 0.15) is 5.60 Å². The lowest BCUT2D eigenvalue weighted by molar-refractivity contribution is -0.142. The molecule has 1 heterocycles. The van der Waals surface area contributed by atoms with Crippen LogP contribution in [-0.4, -0.2) is 52.7 Å². The van der Waals surface area contributed by atoms with E-state index >= 15 is 0 Å². The van der Waals surface area contributed by atoms with Gasteiger partial charge in [0.05, 0.1) is 5.92 Å². The molecule has 25 heavy (non-hydrogen) atoms. The van der Waals surface area contributed by atoms with Gasteiger partial charge in [-0.2, -0.15) is 0 Å². The summed E-state index contributed by atoms with van der Waals surface area (Å²) in [4.78, 5) is 37.1. The van der Waals surface area contributed by atoms with E-state index in [4.69, 9.17) is 9.84 Å². The zero-order chi connectivity index (χ0) is 18.6. The molecule has 0 unspecified atom stereocenters. The fraction of sp³-hybridized carbons (Fsp3) is 0.833. The van der Waals surface area contributed by atoms with Crippen LogP contribution in [0.15, 0.2) is 0 Å². The summed E-state index contributed by atoms with van der Waals surface area (Å²) in [6, 6.07) is 0.0759. The molecule has 0 aromatic rings. The van der Waals surface area contributed by atoms with Gasteiger partial charge in [0.15, 0.2) is 0 Å². The van der Waals surface area contributed by atoms with Gasteiger partial charge in [-0.1, -0.05) is 0 Å². The number of aliphatic carboxylic acids is 1. The first-order valence-electron chi connectivity index (χ1n) is 9.17. The van der Waals surface area contributed by atoms with Crippen molar-refractivity contribution < 1.29 is 24.2 Å². The summed E-state index contributed by atoms with van der Waals surface area (Å²) >= 11 is 0. The minimum Gasteiger partial charge on any atom is -0.481 e. The van der Waals surface area contributed by atoms with Gasteiger partial charge in [-0.25, -0.2) is 4.79 Å². The Balaban J connectivity index is 1.73. The Morgan fingerprint density at radius 3 is 2.00 bits per heavy atom. The molecule has 7 nitrogen and oxygen atoms in total. The highest BCUT2D eigenvalue weighted by Gasteiger charge is 2.32. The van der Waals surface area contributed by atoms with E-state index in [9.17, 15) is 14.4 Å². The van der Waals surface area contributed by atoms with Gasteiger partial charge < -0.3 is 20.1 Å². The smallest absolute Gasteiger partial charge is 0.410 e. The summed E-state index contributed by atoms with van der Waals surface area (Å²) in [5.41, 5.74) is -0.514. The molecule has 1 saturated carbocycles. The average Bonchev–Trinajstić information content (AvgIpc) is 2.54. The van der Waals surface area contributed by atoms with Crippen molar-refractivity contribution in [2.24, 2.45) is 11.8 Å². The number of carbonyl (C=O) groups is 3. The number of nitrogens with zero attached hydrogens (tertiary/aromatic N) is 1. The minimum absolute atomic E-state index is 0.0302. The Hall–Kier alpha value is -1.79. The van der Waals surface area contributed by atoms with Crippen LogP contribution in [0.5, 0.6) is 0 Å². The predicted molar refractivity (Wildman–Crippen MR) is 92.1 cm³/mol. The summed E-state index contributed by atoms with van der Waals surface area (Å²) in [7, 11) is 0. The number of hydrogen-bond donors (Lipinski definition) is 2. The van der Waals surface area contributed by atoms with Crippen molar-refractivity contribution >= 4 is 18.0 Å². The monoisotopic (exact) mass is 354 g/mol. The highest BCUT2D eigenvalue weighted by atomic mass is 16.6. The van der Waals surface area contributed by atoms with Gasteiger partial charge >= 0.3 is 12.1 Å². The quantitative estimate of drug-likeness (QED) is 0.811. The first-order chi connectivity index (χ1) is 11.7. The lowest BCUT2D eigenvalue weighted by atomic mass is 9.85. The number of ether oxygens (including phenoxy) is 1. The number of hydrogen-bond acceptors (Lipinski definition) is 4. The number of likely N-dealkylation sites (tertiary alicyclic amines) is 1. The lowest BCUT2D eigenvalue weighted by Gasteiger charge is -2.34. The van der Waals surface area contributed by atoms with Crippen LogP contribution in [0.1, 0.15) is 59.3 Å². The molecule has 142 valence electrons. The number of carboxylic acid groups (broad SMARTS) is 1. The molecule has 2 aliphatic rings. The van der Waals surface area contributed by atoms with Crippen LogP contribution >= 0.6 is 0 Å². The van der Waals surface area contributed by atoms with Crippen LogP contribution < -0.4 is 5.32 Å². The molecule has 0 aromatic carbocycles. The van der Waals surface area contributed by atoms with Gasteiger partial charge in [0, 0.05) is 25.0 Å². The normalized spacial score (nSPS) is 25.3. The van der Waals surface area contributed by atoms with E-state index in [1.165, 1.54) is 0 Å². The van der Waals surface area contributed by atoms with Gasteiger partial charge in [0.25, 0.3) is 0 Å². The van der Waals surface area contributed by atoms with Crippen LogP contribution in [0.3, 0.4) is 0 Å². The Morgan fingerprint density at radius 1 is 0.960 bits per heavy atom. The summed E-state index contributed by atoms with van der Waals surface area (Å²) in [5.74, 6) is -1.07. The molecule has 2 N–H and O–H groups in total. The maximum absolute atomic E-state index is 12.4. The Bertz CT molecular complexity index is 498. The third-order valence-electron chi connectivity index (χ3n) is 4.94. The van der Waals surface area contributed by atoms with Crippen molar-refractivity contribution in [2.75, 3.05) is 13.1 Å². The molecule has 0 bridgehead atoms. The minimum atomic E-state index is -0.737. The van der Waals surface area contributed by atoms with E-state index in [1.807, 2.05) is 20.8 Å². The SMILES string of the molecule is CC(C)(C)OC(=O)N1CCC(C(=O)NC2CCC(C(=O)O)CC2)CC1. The third-order valence-corrected chi connectivity index (χ3v) is 4.94. The Labute approximate surface area is 149 Å². The summed E-state index contributed by atoms with van der Waals surface area (Å²) in [6.07, 6.45) is 3.64. The molecule has 2 rings (SSSR count). The number of amides is 2. The van der Waals surface area contributed by atoms with Crippen molar-refractivity contribution in [1.82, 2.24) is 10.2 Å². The fourth-order valence-electron chi connectivity index (χ4n) is 3.45. The largest absolute Gasteiger partial charge is 0.481 e. The predicted octanol–water partition coefficient (Wildman–Crippen LogP) is 2.39. The second-order valence-electron chi connectivity index (χ2n) is 8.14. The number of piperidine rings is 1. The summed E-state index contributed by atoms with van der Waals surface area (Å²) < 4.78 is 5.36. The van der Waals surface area contributed by atoms with E-state index in [2.05, 4.69) is 5.32 Å². The summed E-state index contributed by atoms with van der Waals surface area (Å²) in [6.45, 7) is 6.57. The zero-order valence-electron chi connectivity index (χ0n) is 15.4. The maximum Gasteiger partial charge on any atom is 0.410 e. The highest BCUT2D eigenvalue weighted by Crippen LogP contribution is 2.26. The van der Waals surface area contributed by atoms with Gasteiger partial charge in [-0.05, 0) is 59.3 Å². The fourth-order valence-corrected chi connectivity index (χ4v) is 3.45. The van der Waals surface area contributed by atoms with E-state index in [0.717, 1.165) is 12.8 Å². The van der Waals surface area contributed by atoms with Crippen LogP contribution in [0.25, 0.3) is 0 Å². The molecular formula is C18H30N2O5. The van der Waals surface area contributed by atoms with E-state index < -0.39 is 11.6 Å². The maximum atomic E-state index is 12.4. The molecule has 1 aliphatic carbocycles. The number of carboxylic acids is 1. The standard InChI is InChI=1S/C18H30N2O5/c1-18(2,3)25-17(24)20-10-8-12(9-11-20)15(21)19-14-6-4-13(5-7-14)16(22)23/h12-14H,4-11H2,1-3H3,(H,19,21)(H,22,23). The van der Waals surface area contributed by atoms with E-state index in [0.29, 0.717) is 38.8 Å². The Kier molecular flexibility index (Phi) is 6.30. The molecule has 0 radical (unpaired) electrons. The van der Waals surface area contributed by atoms with Crippen LogP contribution in [0.2, 0.25) is 0 Å². The molecule has 0 spiro atoms. The molecular weight excluding hydrogens is 324 g/mol. The molecule has 2 amide bonds. The van der Waals surface area contributed by atoms with E-state index in [-0.39, 0.29) is 29.9 Å². The highest BCUT2D eigenvalue weighted by molar-refractivity contribution is 5.79. The topological polar surface area (TPSA) is 95.9 Å². The lowest BCUT2D eigenvalue weighted by Crippen LogP contribution is -2.47. The van der Waals surface area contributed by atoms with Crippen molar-refractivity contribution in [2.45, 2.75) is 70.9 Å². The Morgan fingerprint density at radius 2 is 1.52 bits per heavy atom. The summed E-state index contributed by atoms with van der Waals surface area (Å²) in [5, 5.41) is 12.1. The molecule has 2 fully saturated rings. The molecule has 7 heteroatoms. The van der Waals surface area contributed by atoms with Crippen LogP contribution in [0, 0.1) is 11.8 Å². The second-order valence-corrected chi connectivity index (χ2v) is 8.14. The van der Waals surface area contributed by atoms with Gasteiger partial charge in [-0.3, -0.25) is 9.59 Å². The number of rotatable bonds is 3. The van der Waals surface area contributed by atoms with Crippen LogP contribution in [-0.2, 0) is 14.3 Å². The molecule has 0 aromatic heterocycles. The van der Waals surface area contributed by atoms with E-state index in [1.54, 1.807) is 4.90 Å². The van der Waals surface area contributed by atoms with Crippen molar-refractivity contribution in [3.63, 3.8) is 0 Å². The first-order valence-corrected chi connectivity index (χ1v) is 9.17. The van der Waals surface area contributed by atoms with Crippen LogP contribution in [0.4, 0.5) is 4.79 Å². The number of nitrogens with one attached hydrogen (secondary N) is 1. The van der Waals surface area contributed by atoms with Crippen molar-refractivity contribution in [3.8, 4) is 0 Å². The first kappa shape index (κ1) is 19.5. The zero-order valence-corrected chi connectivity index (χ0v) is 15.4. The third kappa shape index (κ3) is 5.90. The van der Waals surface area contributed by atoms with Crippen molar-refractivity contribution in [1.29, 1.82) is 0 Å². The van der Waals surface area contributed by atoms with Gasteiger partial charge in [0.2, 0.25) is 5.91 Å². The molecule has 0 atom stereocenters. The van der Waals surface area contributed by atoms with Gasteiger partial charge in [-0.15, -0.1) is 0 Å².